The summed E-state index contributed by atoms with van der Waals surface area (Å²) >= 11 is 0. The smallest absolute Gasteiger partial charge is 0.223 e. The fourth-order valence-corrected chi connectivity index (χ4v) is 1.87. The predicted molar refractivity (Wildman–Crippen MR) is 68.1 cm³/mol. The summed E-state index contributed by atoms with van der Waals surface area (Å²) in [5.41, 5.74) is 2.14. The summed E-state index contributed by atoms with van der Waals surface area (Å²) in [6, 6.07) is 9.94. The molecule has 3 rings (SSSR count). The lowest BCUT2D eigenvalue weighted by molar-refractivity contribution is -0.122. The third-order valence-corrected chi connectivity index (χ3v) is 3.12. The quantitative estimate of drug-likeness (QED) is 0.888. The first-order chi connectivity index (χ1) is 8.83. The summed E-state index contributed by atoms with van der Waals surface area (Å²) in [5.74, 6) is 0.458. The van der Waals surface area contributed by atoms with Crippen molar-refractivity contribution < 1.29 is 4.79 Å². The highest BCUT2D eigenvalue weighted by atomic mass is 16.2. The molecule has 2 aromatic rings. The van der Waals surface area contributed by atoms with Crippen molar-refractivity contribution in [2.75, 3.05) is 0 Å². The molecule has 0 radical (unpaired) electrons. The second kappa shape index (κ2) is 4.64. The Balaban J connectivity index is 1.62. The monoisotopic (exact) mass is 241 g/mol. The van der Waals surface area contributed by atoms with Crippen molar-refractivity contribution in [3.8, 4) is 5.69 Å². The number of amides is 1. The van der Waals surface area contributed by atoms with E-state index in [4.69, 9.17) is 0 Å². The molecule has 1 aromatic carbocycles. The minimum Gasteiger partial charge on any atom is -0.352 e. The standard InChI is InChI=1S/C14H15N3O/c18-14(12-4-5-12)15-10-11-2-6-13(7-3-11)17-9-1-8-16-17/h1-3,6-9,12H,4-5,10H2,(H,15,18). The van der Waals surface area contributed by atoms with Crippen LogP contribution in [-0.4, -0.2) is 15.7 Å². The van der Waals surface area contributed by atoms with E-state index in [2.05, 4.69) is 10.4 Å². The van der Waals surface area contributed by atoms with Crippen LogP contribution in [0.3, 0.4) is 0 Å². The molecule has 1 N–H and O–H groups in total. The molecule has 0 bridgehead atoms. The van der Waals surface area contributed by atoms with Gasteiger partial charge in [0.15, 0.2) is 0 Å². The fraction of sp³-hybridized carbons (Fsp3) is 0.286. The zero-order valence-corrected chi connectivity index (χ0v) is 10.0. The number of carbonyl (C=O) groups is 1. The molecule has 1 heterocycles. The van der Waals surface area contributed by atoms with Crippen molar-refractivity contribution in [3.63, 3.8) is 0 Å². The van der Waals surface area contributed by atoms with Gasteiger partial charge in [0.1, 0.15) is 0 Å². The molecule has 1 aromatic heterocycles. The number of nitrogens with zero attached hydrogens (tertiary/aromatic N) is 2. The molecular formula is C14H15N3O. The summed E-state index contributed by atoms with van der Waals surface area (Å²) < 4.78 is 1.81. The first-order valence-electron chi connectivity index (χ1n) is 6.19. The summed E-state index contributed by atoms with van der Waals surface area (Å²) in [6.45, 7) is 0.606. The van der Waals surface area contributed by atoms with E-state index in [9.17, 15) is 4.79 Å². The molecular weight excluding hydrogens is 226 g/mol. The second-order valence-corrected chi connectivity index (χ2v) is 4.61. The van der Waals surface area contributed by atoms with Gasteiger partial charge in [-0.2, -0.15) is 5.10 Å². The fourth-order valence-electron chi connectivity index (χ4n) is 1.87. The maximum absolute atomic E-state index is 11.5. The van der Waals surface area contributed by atoms with Gasteiger partial charge in [-0.1, -0.05) is 12.1 Å². The van der Waals surface area contributed by atoms with Crippen LogP contribution in [0.5, 0.6) is 0 Å². The zero-order chi connectivity index (χ0) is 12.4. The van der Waals surface area contributed by atoms with E-state index in [-0.39, 0.29) is 11.8 Å². The van der Waals surface area contributed by atoms with Gasteiger partial charge in [0.05, 0.1) is 5.69 Å². The number of rotatable bonds is 4. The van der Waals surface area contributed by atoms with Crippen molar-refractivity contribution in [1.29, 1.82) is 0 Å². The number of benzene rings is 1. The van der Waals surface area contributed by atoms with Crippen LogP contribution in [0.15, 0.2) is 42.7 Å². The average Bonchev–Trinajstić information content (AvgIpc) is 3.12. The van der Waals surface area contributed by atoms with E-state index in [0.717, 1.165) is 24.1 Å². The highest BCUT2D eigenvalue weighted by Crippen LogP contribution is 2.28. The van der Waals surface area contributed by atoms with Gasteiger partial charge in [0, 0.05) is 24.9 Å². The van der Waals surface area contributed by atoms with Gasteiger partial charge < -0.3 is 5.32 Å². The van der Waals surface area contributed by atoms with E-state index >= 15 is 0 Å². The molecule has 1 aliphatic carbocycles. The number of aromatic nitrogens is 2. The topological polar surface area (TPSA) is 46.9 Å². The summed E-state index contributed by atoms with van der Waals surface area (Å²) in [5, 5.41) is 7.12. The van der Waals surface area contributed by atoms with Gasteiger partial charge in [-0.3, -0.25) is 4.79 Å². The molecule has 1 aliphatic rings. The molecule has 1 fully saturated rings. The molecule has 0 saturated heterocycles. The number of hydrogen-bond acceptors (Lipinski definition) is 2. The van der Waals surface area contributed by atoms with Gasteiger partial charge in [0.25, 0.3) is 0 Å². The highest BCUT2D eigenvalue weighted by Gasteiger charge is 2.29. The molecule has 0 aliphatic heterocycles. The first-order valence-corrected chi connectivity index (χ1v) is 6.19. The molecule has 4 heteroatoms. The van der Waals surface area contributed by atoms with Crippen LogP contribution < -0.4 is 5.32 Å². The maximum atomic E-state index is 11.5. The summed E-state index contributed by atoms with van der Waals surface area (Å²) in [4.78, 5) is 11.5. The minimum absolute atomic E-state index is 0.186. The van der Waals surface area contributed by atoms with Gasteiger partial charge in [0.2, 0.25) is 5.91 Å². The van der Waals surface area contributed by atoms with Gasteiger partial charge in [-0.15, -0.1) is 0 Å². The van der Waals surface area contributed by atoms with Crippen LogP contribution in [0.4, 0.5) is 0 Å². The maximum Gasteiger partial charge on any atom is 0.223 e. The van der Waals surface area contributed by atoms with Gasteiger partial charge in [-0.05, 0) is 36.6 Å². The van der Waals surface area contributed by atoms with E-state index in [1.165, 1.54) is 0 Å². The van der Waals surface area contributed by atoms with Crippen LogP contribution in [0, 0.1) is 5.92 Å². The van der Waals surface area contributed by atoms with Gasteiger partial charge in [-0.25, -0.2) is 4.68 Å². The van der Waals surface area contributed by atoms with E-state index in [1.807, 2.05) is 41.2 Å². The second-order valence-electron chi connectivity index (χ2n) is 4.61. The molecule has 4 nitrogen and oxygen atoms in total. The van der Waals surface area contributed by atoms with E-state index in [1.54, 1.807) is 6.20 Å². The summed E-state index contributed by atoms with van der Waals surface area (Å²) in [6.07, 6.45) is 5.75. The zero-order valence-electron chi connectivity index (χ0n) is 10.0. The lowest BCUT2D eigenvalue weighted by Gasteiger charge is -2.06. The molecule has 92 valence electrons. The molecule has 0 atom stereocenters. The number of carbonyl (C=O) groups excluding carboxylic acids is 1. The third-order valence-electron chi connectivity index (χ3n) is 3.12. The Morgan fingerprint density at radius 2 is 2.11 bits per heavy atom. The predicted octanol–water partition coefficient (Wildman–Crippen LogP) is 1.90. The number of hydrogen-bond donors (Lipinski definition) is 1. The average molecular weight is 241 g/mol. The normalized spacial score (nSPS) is 14.4. The Morgan fingerprint density at radius 3 is 2.72 bits per heavy atom. The van der Waals surface area contributed by atoms with Crippen LogP contribution in [0.2, 0.25) is 0 Å². The number of nitrogens with one attached hydrogen (secondary N) is 1. The lowest BCUT2D eigenvalue weighted by Crippen LogP contribution is -2.24. The first kappa shape index (κ1) is 11.0. The van der Waals surface area contributed by atoms with Crippen LogP contribution in [0.1, 0.15) is 18.4 Å². The lowest BCUT2D eigenvalue weighted by atomic mass is 10.2. The molecule has 18 heavy (non-hydrogen) atoms. The Kier molecular flexibility index (Phi) is 2.84. The Hall–Kier alpha value is -2.10. The van der Waals surface area contributed by atoms with Crippen molar-refractivity contribution in [2.24, 2.45) is 5.92 Å². The Morgan fingerprint density at radius 1 is 1.33 bits per heavy atom. The molecule has 0 unspecified atom stereocenters. The summed E-state index contributed by atoms with van der Waals surface area (Å²) in [7, 11) is 0. The van der Waals surface area contributed by atoms with Crippen LogP contribution >= 0.6 is 0 Å². The Labute approximate surface area is 106 Å². The SMILES string of the molecule is O=C(NCc1ccc(-n2cccn2)cc1)C1CC1. The van der Waals surface area contributed by atoms with Crippen LogP contribution in [-0.2, 0) is 11.3 Å². The van der Waals surface area contributed by atoms with Crippen LogP contribution in [0.25, 0.3) is 5.69 Å². The van der Waals surface area contributed by atoms with E-state index in [0.29, 0.717) is 6.54 Å². The van der Waals surface area contributed by atoms with E-state index < -0.39 is 0 Å². The van der Waals surface area contributed by atoms with Crippen molar-refractivity contribution in [3.05, 3.63) is 48.3 Å². The molecule has 1 amide bonds. The minimum atomic E-state index is 0.186. The van der Waals surface area contributed by atoms with Crippen molar-refractivity contribution in [1.82, 2.24) is 15.1 Å². The largest absolute Gasteiger partial charge is 0.352 e. The van der Waals surface area contributed by atoms with Gasteiger partial charge >= 0.3 is 0 Å². The Bertz CT molecular complexity index is 527. The molecule has 1 saturated carbocycles. The third kappa shape index (κ3) is 2.42. The highest BCUT2D eigenvalue weighted by molar-refractivity contribution is 5.80. The molecule has 0 spiro atoms. The van der Waals surface area contributed by atoms with Crippen molar-refractivity contribution >= 4 is 5.91 Å². The van der Waals surface area contributed by atoms with Crippen molar-refractivity contribution in [2.45, 2.75) is 19.4 Å².